The Labute approximate surface area is 73.6 Å². The molecule has 70 valence electrons. The third-order valence-electron chi connectivity index (χ3n) is 1.99. The molecule has 1 unspecified atom stereocenters. The van der Waals surface area contributed by atoms with Crippen LogP contribution in [0.15, 0.2) is 4.99 Å². The Bertz CT molecular complexity index is 162. The zero-order valence-corrected chi connectivity index (χ0v) is 7.80. The third-order valence-corrected chi connectivity index (χ3v) is 1.99. The maximum atomic E-state index is 5.31. The van der Waals surface area contributed by atoms with Gasteiger partial charge in [0.2, 0.25) is 5.96 Å². The fourth-order valence-electron chi connectivity index (χ4n) is 0.838. The van der Waals surface area contributed by atoms with Crippen LogP contribution in [-0.4, -0.2) is 18.0 Å². The van der Waals surface area contributed by atoms with Gasteiger partial charge in [-0.25, -0.2) is 10.8 Å². The summed E-state index contributed by atoms with van der Waals surface area (Å²) in [5.41, 5.74) is 2.58. The van der Waals surface area contributed by atoms with Gasteiger partial charge < -0.3 is 5.32 Å². The van der Waals surface area contributed by atoms with Crippen LogP contribution in [-0.2, 0) is 0 Å². The van der Waals surface area contributed by atoms with Crippen LogP contribution in [0.1, 0.15) is 33.1 Å². The summed E-state index contributed by atoms with van der Waals surface area (Å²) in [6, 6.07) is 0.936. The molecule has 4 heteroatoms. The number of guanidine groups is 1. The van der Waals surface area contributed by atoms with E-state index >= 15 is 0 Å². The standard InChI is InChI=1S/C8H18N4/c1-3-6(2)10-8(12-9)11-7-4-5-7/h6-7H,3-5,9H2,1-2H3,(H2,10,11,12). The SMILES string of the molecule is CCC(C)NC(=NC1CC1)NN. The summed E-state index contributed by atoms with van der Waals surface area (Å²) in [4.78, 5) is 4.36. The fraction of sp³-hybridized carbons (Fsp3) is 0.875. The minimum Gasteiger partial charge on any atom is -0.353 e. The van der Waals surface area contributed by atoms with Gasteiger partial charge in [-0.3, -0.25) is 5.43 Å². The summed E-state index contributed by atoms with van der Waals surface area (Å²) in [6.07, 6.45) is 3.48. The number of hydrogen-bond donors (Lipinski definition) is 3. The van der Waals surface area contributed by atoms with Crippen LogP contribution in [0.5, 0.6) is 0 Å². The van der Waals surface area contributed by atoms with Crippen LogP contribution >= 0.6 is 0 Å². The second-order valence-corrected chi connectivity index (χ2v) is 3.31. The largest absolute Gasteiger partial charge is 0.353 e. The van der Waals surface area contributed by atoms with Crippen LogP contribution in [0.2, 0.25) is 0 Å². The Morgan fingerprint density at radius 1 is 1.67 bits per heavy atom. The van der Waals surface area contributed by atoms with Crippen molar-refractivity contribution in [3.63, 3.8) is 0 Å². The number of hydrogen-bond acceptors (Lipinski definition) is 2. The van der Waals surface area contributed by atoms with E-state index in [1.54, 1.807) is 0 Å². The van der Waals surface area contributed by atoms with Gasteiger partial charge in [0.05, 0.1) is 6.04 Å². The lowest BCUT2D eigenvalue weighted by atomic mass is 10.3. The average molecular weight is 170 g/mol. The summed E-state index contributed by atoms with van der Waals surface area (Å²) in [7, 11) is 0. The molecule has 0 saturated heterocycles. The fourth-order valence-corrected chi connectivity index (χ4v) is 0.838. The number of nitrogens with zero attached hydrogens (tertiary/aromatic N) is 1. The normalized spacial score (nSPS) is 20.4. The first kappa shape index (κ1) is 9.32. The van der Waals surface area contributed by atoms with Crippen molar-refractivity contribution < 1.29 is 0 Å². The molecular formula is C8H18N4. The van der Waals surface area contributed by atoms with Crippen molar-refractivity contribution in [2.45, 2.75) is 45.2 Å². The van der Waals surface area contributed by atoms with Crippen molar-refractivity contribution in [3.8, 4) is 0 Å². The molecule has 0 aromatic rings. The van der Waals surface area contributed by atoms with Gasteiger partial charge >= 0.3 is 0 Å². The van der Waals surface area contributed by atoms with Crippen LogP contribution in [0.3, 0.4) is 0 Å². The van der Waals surface area contributed by atoms with Crippen molar-refractivity contribution in [2.24, 2.45) is 10.8 Å². The predicted octanol–water partition coefficient (Wildman–Crippen LogP) is 0.356. The second kappa shape index (κ2) is 4.30. The molecule has 4 N–H and O–H groups in total. The Morgan fingerprint density at radius 3 is 2.75 bits per heavy atom. The molecule has 1 fully saturated rings. The monoisotopic (exact) mass is 170 g/mol. The molecule has 0 aromatic heterocycles. The van der Waals surface area contributed by atoms with Crippen LogP contribution in [0, 0.1) is 0 Å². The average Bonchev–Trinajstić information content (AvgIpc) is 2.86. The van der Waals surface area contributed by atoms with Crippen LogP contribution in [0.25, 0.3) is 0 Å². The zero-order chi connectivity index (χ0) is 8.97. The summed E-state index contributed by atoms with van der Waals surface area (Å²) in [6.45, 7) is 4.24. The summed E-state index contributed by atoms with van der Waals surface area (Å²) >= 11 is 0. The maximum Gasteiger partial charge on any atom is 0.206 e. The van der Waals surface area contributed by atoms with Crippen molar-refractivity contribution in [1.82, 2.24) is 10.7 Å². The molecule has 1 atom stereocenters. The molecule has 0 bridgehead atoms. The summed E-state index contributed by atoms with van der Waals surface area (Å²) in [5.74, 6) is 6.04. The number of hydrazine groups is 1. The third kappa shape index (κ3) is 3.09. The van der Waals surface area contributed by atoms with Crippen molar-refractivity contribution in [2.75, 3.05) is 0 Å². The summed E-state index contributed by atoms with van der Waals surface area (Å²) in [5, 5.41) is 3.20. The molecule has 1 saturated carbocycles. The topological polar surface area (TPSA) is 62.4 Å². The van der Waals surface area contributed by atoms with E-state index in [0.717, 1.165) is 12.4 Å². The smallest absolute Gasteiger partial charge is 0.206 e. The number of nitrogens with two attached hydrogens (primary N) is 1. The molecule has 1 aliphatic carbocycles. The highest BCUT2D eigenvalue weighted by Crippen LogP contribution is 2.23. The quantitative estimate of drug-likeness (QED) is 0.248. The van der Waals surface area contributed by atoms with E-state index in [9.17, 15) is 0 Å². The van der Waals surface area contributed by atoms with Gasteiger partial charge in [0.15, 0.2) is 0 Å². The van der Waals surface area contributed by atoms with Gasteiger partial charge in [-0.1, -0.05) is 6.92 Å². The van der Waals surface area contributed by atoms with Gasteiger partial charge in [-0.15, -0.1) is 0 Å². The lowest BCUT2D eigenvalue weighted by molar-refractivity contribution is 0.625. The molecule has 0 heterocycles. The summed E-state index contributed by atoms with van der Waals surface area (Å²) < 4.78 is 0. The van der Waals surface area contributed by atoms with Gasteiger partial charge in [-0.05, 0) is 26.2 Å². The van der Waals surface area contributed by atoms with E-state index < -0.39 is 0 Å². The number of aliphatic imine (C=N–C) groups is 1. The van der Waals surface area contributed by atoms with E-state index in [1.165, 1.54) is 12.8 Å². The van der Waals surface area contributed by atoms with Gasteiger partial charge in [0.1, 0.15) is 0 Å². The predicted molar refractivity (Wildman–Crippen MR) is 50.7 cm³/mol. The van der Waals surface area contributed by atoms with E-state index in [2.05, 4.69) is 29.6 Å². The molecule has 0 amide bonds. The first-order valence-corrected chi connectivity index (χ1v) is 4.57. The first-order chi connectivity index (χ1) is 5.76. The molecule has 0 radical (unpaired) electrons. The van der Waals surface area contributed by atoms with Gasteiger partial charge in [0, 0.05) is 6.04 Å². The minimum absolute atomic E-state index is 0.429. The highest BCUT2D eigenvalue weighted by Gasteiger charge is 2.21. The molecule has 0 aliphatic heterocycles. The number of nitrogens with one attached hydrogen (secondary N) is 2. The highest BCUT2D eigenvalue weighted by atomic mass is 15.3. The molecule has 0 spiro atoms. The second-order valence-electron chi connectivity index (χ2n) is 3.31. The minimum atomic E-state index is 0.429. The Hall–Kier alpha value is -0.770. The first-order valence-electron chi connectivity index (χ1n) is 4.57. The molecule has 4 nitrogen and oxygen atoms in total. The van der Waals surface area contributed by atoms with Crippen LogP contribution in [0.4, 0.5) is 0 Å². The van der Waals surface area contributed by atoms with E-state index in [0.29, 0.717) is 12.1 Å². The molecular weight excluding hydrogens is 152 g/mol. The molecule has 0 aromatic carbocycles. The van der Waals surface area contributed by atoms with Gasteiger partial charge in [-0.2, -0.15) is 0 Å². The lowest BCUT2D eigenvalue weighted by Gasteiger charge is -2.14. The Kier molecular flexibility index (Phi) is 3.34. The van der Waals surface area contributed by atoms with E-state index in [-0.39, 0.29) is 0 Å². The Morgan fingerprint density at radius 2 is 2.33 bits per heavy atom. The Balaban J connectivity index is 2.33. The van der Waals surface area contributed by atoms with Crippen LogP contribution < -0.4 is 16.6 Å². The van der Waals surface area contributed by atoms with Crippen molar-refractivity contribution in [3.05, 3.63) is 0 Å². The zero-order valence-electron chi connectivity index (χ0n) is 7.80. The van der Waals surface area contributed by atoms with E-state index in [1.807, 2.05) is 0 Å². The van der Waals surface area contributed by atoms with Gasteiger partial charge in [0.25, 0.3) is 0 Å². The molecule has 1 rings (SSSR count). The molecule has 12 heavy (non-hydrogen) atoms. The van der Waals surface area contributed by atoms with Crippen molar-refractivity contribution >= 4 is 5.96 Å². The van der Waals surface area contributed by atoms with E-state index in [4.69, 9.17) is 5.84 Å². The number of rotatable bonds is 3. The molecule has 1 aliphatic rings. The highest BCUT2D eigenvalue weighted by molar-refractivity contribution is 5.79. The maximum absolute atomic E-state index is 5.31. The lowest BCUT2D eigenvalue weighted by Crippen LogP contribution is -2.45. The van der Waals surface area contributed by atoms with Crippen molar-refractivity contribution in [1.29, 1.82) is 0 Å².